The average molecular weight is 391 g/mol. The molecule has 2 aromatic rings. The van der Waals surface area contributed by atoms with Gasteiger partial charge in [-0.05, 0) is 13.3 Å². The Labute approximate surface area is 149 Å². The van der Waals surface area contributed by atoms with Crippen LogP contribution in [0.25, 0.3) is 0 Å². The Balaban J connectivity index is 1.82. The normalized spacial score (nSPS) is 14.5. The Morgan fingerprint density at radius 2 is 1.96 bits per heavy atom. The van der Waals surface area contributed by atoms with E-state index in [9.17, 15) is 18.8 Å². The van der Waals surface area contributed by atoms with E-state index in [-0.39, 0.29) is 43.6 Å². The first-order valence-electron chi connectivity index (χ1n) is 7.68. The highest BCUT2D eigenvalue weighted by atomic mass is 32.2. The number of aromatic nitrogens is 4. The van der Waals surface area contributed by atoms with Crippen molar-refractivity contribution >= 4 is 21.8 Å². The quantitative estimate of drug-likeness (QED) is 0.270. The largest absolute Gasteiger partial charge is 0.594 e. The van der Waals surface area contributed by atoms with E-state index < -0.39 is 20.5 Å². The summed E-state index contributed by atoms with van der Waals surface area (Å²) in [6, 6.07) is 0. The van der Waals surface area contributed by atoms with Gasteiger partial charge in [0.15, 0.2) is 0 Å². The minimum absolute atomic E-state index is 0.0111. The minimum atomic E-state index is -3.58. The van der Waals surface area contributed by atoms with Gasteiger partial charge >= 0.3 is 5.95 Å². The van der Waals surface area contributed by atoms with Crippen molar-refractivity contribution in [2.24, 2.45) is 0 Å². The number of nitrogens with zero attached hydrogens (tertiary/aromatic N) is 4. The molecule has 0 fully saturated rings. The van der Waals surface area contributed by atoms with E-state index in [2.05, 4.69) is 14.7 Å². The predicted molar refractivity (Wildman–Crippen MR) is 87.1 cm³/mol. The number of quaternary nitrogens is 2. The first-order chi connectivity index (χ1) is 12.2. The van der Waals surface area contributed by atoms with Crippen LogP contribution in [0.15, 0.2) is 18.6 Å². The SMILES string of the molecule is Cc1ncc([NH+]([O-])O)n1CCNS(=O)(=O)CCCn1ccnc1[NH+]([O-])O. The molecule has 0 aliphatic carbocycles. The summed E-state index contributed by atoms with van der Waals surface area (Å²) in [6.07, 6.45) is 4.23. The molecule has 0 radical (unpaired) electrons. The Morgan fingerprint density at radius 3 is 2.62 bits per heavy atom. The number of hydrogen-bond donors (Lipinski definition) is 5. The van der Waals surface area contributed by atoms with E-state index in [4.69, 9.17) is 10.4 Å². The summed E-state index contributed by atoms with van der Waals surface area (Å²) >= 11 is 0. The Kier molecular flexibility index (Phi) is 6.79. The molecular formula is C12H21N7O6S. The number of rotatable bonds is 10. The molecule has 2 aromatic heterocycles. The molecule has 2 atom stereocenters. The van der Waals surface area contributed by atoms with Crippen molar-refractivity contribution < 1.29 is 29.3 Å². The molecule has 5 N–H and O–H groups in total. The highest BCUT2D eigenvalue weighted by Gasteiger charge is 2.15. The molecule has 14 heteroatoms. The number of hydrogen-bond acceptors (Lipinski definition) is 8. The maximum Gasteiger partial charge on any atom is 0.340 e. The molecular weight excluding hydrogens is 370 g/mol. The van der Waals surface area contributed by atoms with E-state index in [1.807, 2.05) is 0 Å². The van der Waals surface area contributed by atoms with E-state index in [1.165, 1.54) is 27.7 Å². The van der Waals surface area contributed by atoms with Crippen molar-refractivity contribution in [2.45, 2.75) is 26.4 Å². The van der Waals surface area contributed by atoms with Gasteiger partial charge in [-0.2, -0.15) is 15.4 Å². The first kappa shape index (κ1) is 20.4. The smallest absolute Gasteiger partial charge is 0.340 e. The van der Waals surface area contributed by atoms with Crippen LogP contribution in [0.3, 0.4) is 0 Å². The third-order valence-corrected chi connectivity index (χ3v) is 5.12. The lowest BCUT2D eigenvalue weighted by Gasteiger charge is -2.15. The molecule has 0 spiro atoms. The van der Waals surface area contributed by atoms with E-state index in [1.54, 1.807) is 6.92 Å². The topological polar surface area (TPSA) is 177 Å². The van der Waals surface area contributed by atoms with E-state index in [0.717, 1.165) is 0 Å². The molecule has 0 amide bonds. The zero-order chi connectivity index (χ0) is 19.3. The summed E-state index contributed by atoms with van der Waals surface area (Å²) in [4.78, 5) is 7.58. The summed E-state index contributed by atoms with van der Waals surface area (Å²) in [7, 11) is -3.58. The highest BCUT2D eigenvalue weighted by molar-refractivity contribution is 7.89. The summed E-state index contributed by atoms with van der Waals surface area (Å²) in [6.45, 7) is 1.99. The van der Waals surface area contributed by atoms with Crippen LogP contribution in [0, 0.1) is 17.3 Å². The predicted octanol–water partition coefficient (Wildman–Crippen LogP) is -2.80. The monoisotopic (exact) mass is 391 g/mol. The van der Waals surface area contributed by atoms with Gasteiger partial charge in [0.05, 0.1) is 11.9 Å². The minimum Gasteiger partial charge on any atom is -0.594 e. The Morgan fingerprint density at radius 1 is 1.23 bits per heavy atom. The van der Waals surface area contributed by atoms with Crippen LogP contribution < -0.4 is 15.2 Å². The molecule has 0 aliphatic heterocycles. The van der Waals surface area contributed by atoms with Gasteiger partial charge in [-0.25, -0.2) is 28.5 Å². The molecule has 2 rings (SSSR count). The molecule has 26 heavy (non-hydrogen) atoms. The maximum atomic E-state index is 12.0. The van der Waals surface area contributed by atoms with Gasteiger partial charge in [-0.15, -0.1) is 0 Å². The lowest BCUT2D eigenvalue weighted by molar-refractivity contribution is -0.995. The van der Waals surface area contributed by atoms with Crippen LogP contribution in [-0.2, 0) is 23.1 Å². The van der Waals surface area contributed by atoms with Crippen LogP contribution in [-0.4, -0.2) is 50.2 Å². The van der Waals surface area contributed by atoms with Crippen molar-refractivity contribution in [3.8, 4) is 0 Å². The zero-order valence-corrected chi connectivity index (χ0v) is 14.8. The molecule has 0 aromatic carbocycles. The number of nitrogens with one attached hydrogen (secondary N) is 3. The molecule has 0 saturated carbocycles. The van der Waals surface area contributed by atoms with Crippen LogP contribution in [0.4, 0.5) is 11.8 Å². The van der Waals surface area contributed by atoms with Gasteiger partial charge in [0.1, 0.15) is 12.0 Å². The number of sulfonamides is 1. The summed E-state index contributed by atoms with van der Waals surface area (Å²) in [5.74, 6) is 0.122. The fourth-order valence-corrected chi connectivity index (χ4v) is 3.47. The fraction of sp³-hybridized carbons (Fsp3) is 0.500. The Bertz CT molecular complexity index is 816. The van der Waals surface area contributed by atoms with Crippen LogP contribution >= 0.6 is 0 Å². The third kappa shape index (κ3) is 5.29. The van der Waals surface area contributed by atoms with Gasteiger partial charge < -0.3 is 10.4 Å². The molecule has 2 heterocycles. The highest BCUT2D eigenvalue weighted by Crippen LogP contribution is 2.05. The Hall–Kier alpha value is -1.91. The lowest BCUT2D eigenvalue weighted by atomic mass is 10.5. The van der Waals surface area contributed by atoms with Gasteiger partial charge in [-0.1, -0.05) is 0 Å². The lowest BCUT2D eigenvalue weighted by Crippen LogP contribution is -3.00. The number of aryl methyl sites for hydroxylation is 2. The van der Waals surface area contributed by atoms with Crippen molar-refractivity contribution in [1.29, 1.82) is 0 Å². The standard InChI is InChI=1S/C12H21N7O6S/c1-10-14-9-11(18(20)21)17(10)7-4-15-26(24,25)8-2-5-16-6-3-13-12(16)19(22)23/h3,6,9,15,18-20,22H,2,4-5,7-8H2,1H3. The van der Waals surface area contributed by atoms with Gasteiger partial charge in [0.25, 0.3) is 5.82 Å². The van der Waals surface area contributed by atoms with Gasteiger partial charge in [0, 0.05) is 25.8 Å². The molecule has 146 valence electrons. The molecule has 0 aliphatic rings. The van der Waals surface area contributed by atoms with E-state index >= 15 is 0 Å². The van der Waals surface area contributed by atoms with E-state index in [0.29, 0.717) is 5.82 Å². The molecule has 0 bridgehead atoms. The fourth-order valence-electron chi connectivity index (χ4n) is 2.42. The van der Waals surface area contributed by atoms with Crippen molar-refractivity contribution in [3.05, 3.63) is 34.8 Å². The van der Waals surface area contributed by atoms with Crippen LogP contribution in [0.1, 0.15) is 12.2 Å². The zero-order valence-electron chi connectivity index (χ0n) is 14.0. The summed E-state index contributed by atoms with van der Waals surface area (Å²) in [5.41, 5.74) is 0. The maximum absolute atomic E-state index is 12.0. The first-order valence-corrected chi connectivity index (χ1v) is 9.33. The van der Waals surface area contributed by atoms with Crippen LogP contribution in [0.5, 0.6) is 0 Å². The van der Waals surface area contributed by atoms with Crippen LogP contribution in [0.2, 0.25) is 0 Å². The van der Waals surface area contributed by atoms with Crippen molar-refractivity contribution in [2.75, 3.05) is 12.3 Å². The van der Waals surface area contributed by atoms with Crippen molar-refractivity contribution in [3.63, 3.8) is 0 Å². The summed E-state index contributed by atoms with van der Waals surface area (Å²) < 4.78 is 29.2. The van der Waals surface area contributed by atoms with Gasteiger partial charge in [-0.3, -0.25) is 9.13 Å². The second-order valence-electron chi connectivity index (χ2n) is 5.46. The second kappa shape index (κ2) is 8.65. The average Bonchev–Trinajstić information content (AvgIpc) is 3.14. The molecule has 13 nitrogen and oxygen atoms in total. The van der Waals surface area contributed by atoms with Crippen molar-refractivity contribution in [1.82, 2.24) is 23.8 Å². The number of imidazole rings is 2. The second-order valence-corrected chi connectivity index (χ2v) is 7.39. The molecule has 2 unspecified atom stereocenters. The summed E-state index contributed by atoms with van der Waals surface area (Å²) in [5, 5.41) is 37.7. The van der Waals surface area contributed by atoms with Gasteiger partial charge in [0.2, 0.25) is 10.0 Å². The third-order valence-electron chi connectivity index (χ3n) is 3.65. The molecule has 0 saturated heterocycles.